The summed E-state index contributed by atoms with van der Waals surface area (Å²) in [6, 6.07) is 0. The van der Waals surface area contributed by atoms with Gasteiger partial charge >= 0.3 is 6.43 Å². The molecule has 0 aromatic rings. The van der Waals surface area contributed by atoms with E-state index in [1.807, 2.05) is 11.9 Å². The summed E-state index contributed by atoms with van der Waals surface area (Å²) in [6.45, 7) is 2.19. The minimum atomic E-state index is -2.85. The first-order chi connectivity index (χ1) is 5.61. The van der Waals surface area contributed by atoms with E-state index in [2.05, 4.69) is 0 Å². The lowest BCUT2D eigenvalue weighted by atomic mass is 10.3. The van der Waals surface area contributed by atoms with Crippen LogP contribution in [0.2, 0.25) is 0 Å². The van der Waals surface area contributed by atoms with Crippen LogP contribution in [0.3, 0.4) is 0 Å². The number of hydrogen-bond acceptors (Lipinski definition) is 2. The summed E-state index contributed by atoms with van der Waals surface area (Å²) in [5, 5.41) is 0. The van der Waals surface area contributed by atoms with Crippen LogP contribution in [0, 0.1) is 0 Å². The summed E-state index contributed by atoms with van der Waals surface area (Å²) < 4.78 is 23.8. The Labute approximate surface area is 69.9 Å². The molecule has 0 spiro atoms. The molecule has 0 unspecified atom stereocenters. The second-order valence-electron chi connectivity index (χ2n) is 2.93. The lowest BCUT2D eigenvalue weighted by Gasteiger charge is -2.32. The lowest BCUT2D eigenvalue weighted by Crippen LogP contribution is -2.48. The normalized spacial score (nSPS) is 20.2. The van der Waals surface area contributed by atoms with Gasteiger partial charge in [-0.25, -0.2) is 0 Å². The Hall–Kier alpha value is -0.710. The number of nitrogens with zero attached hydrogens (tertiary/aromatic N) is 2. The van der Waals surface area contributed by atoms with Gasteiger partial charge in [0.15, 0.2) is 0 Å². The van der Waals surface area contributed by atoms with Gasteiger partial charge in [-0.1, -0.05) is 0 Å². The molecule has 0 aromatic heterocycles. The maximum atomic E-state index is 11.9. The summed E-state index contributed by atoms with van der Waals surface area (Å²) in [4.78, 5) is 14.0. The molecular formula is C7H12F2N2O. The molecule has 5 heteroatoms. The molecule has 1 rings (SSSR count). The number of amides is 1. The Balaban J connectivity index is 2.39. The zero-order chi connectivity index (χ0) is 9.14. The molecule has 0 saturated carbocycles. The van der Waals surface area contributed by atoms with Crippen LogP contribution >= 0.6 is 0 Å². The van der Waals surface area contributed by atoms with Crippen LogP contribution in [0.4, 0.5) is 8.78 Å². The molecule has 1 fully saturated rings. The fraction of sp³-hybridized carbons (Fsp3) is 0.857. The van der Waals surface area contributed by atoms with Crippen LogP contribution in [0.25, 0.3) is 0 Å². The van der Waals surface area contributed by atoms with E-state index in [0.29, 0.717) is 26.2 Å². The second kappa shape index (κ2) is 3.80. The molecule has 12 heavy (non-hydrogen) atoms. The summed E-state index contributed by atoms with van der Waals surface area (Å²) in [6.07, 6.45) is -2.85. The van der Waals surface area contributed by atoms with E-state index in [1.165, 1.54) is 4.90 Å². The van der Waals surface area contributed by atoms with Crippen LogP contribution in [0.5, 0.6) is 0 Å². The van der Waals surface area contributed by atoms with E-state index in [-0.39, 0.29) is 0 Å². The fourth-order valence-corrected chi connectivity index (χ4v) is 1.16. The molecule has 1 aliphatic rings. The van der Waals surface area contributed by atoms with Gasteiger partial charge in [-0.2, -0.15) is 8.78 Å². The molecule has 1 aliphatic heterocycles. The number of rotatable bonds is 1. The Bertz CT molecular complexity index is 167. The second-order valence-corrected chi connectivity index (χ2v) is 2.93. The molecule has 0 aromatic carbocycles. The molecule has 3 nitrogen and oxygen atoms in total. The van der Waals surface area contributed by atoms with E-state index in [0.717, 1.165) is 0 Å². The third-order valence-electron chi connectivity index (χ3n) is 2.00. The molecular weight excluding hydrogens is 166 g/mol. The van der Waals surface area contributed by atoms with Gasteiger partial charge in [0.2, 0.25) is 0 Å². The van der Waals surface area contributed by atoms with E-state index >= 15 is 0 Å². The van der Waals surface area contributed by atoms with E-state index in [9.17, 15) is 13.6 Å². The standard InChI is InChI=1S/C7H12F2N2O/c1-10-2-4-11(5-3-10)7(12)6(8)9/h6H,2-5H2,1H3. The number of hydrogen-bond donors (Lipinski definition) is 0. The Morgan fingerprint density at radius 1 is 1.25 bits per heavy atom. The SMILES string of the molecule is CN1CCN(C(=O)C(F)F)CC1. The number of likely N-dealkylation sites (N-methyl/N-ethyl adjacent to an activating group) is 1. The predicted octanol–water partition coefficient (Wildman–Crippen LogP) is 0.0255. The van der Waals surface area contributed by atoms with Gasteiger partial charge in [-0.15, -0.1) is 0 Å². The van der Waals surface area contributed by atoms with Crippen molar-refractivity contribution in [1.82, 2.24) is 9.80 Å². The quantitative estimate of drug-likeness (QED) is 0.565. The van der Waals surface area contributed by atoms with Crippen molar-refractivity contribution in [3.63, 3.8) is 0 Å². The molecule has 70 valence electrons. The Morgan fingerprint density at radius 2 is 1.75 bits per heavy atom. The van der Waals surface area contributed by atoms with E-state index in [1.54, 1.807) is 0 Å². The van der Waals surface area contributed by atoms with Crippen molar-refractivity contribution >= 4 is 5.91 Å². The maximum absolute atomic E-state index is 11.9. The van der Waals surface area contributed by atoms with Crippen LogP contribution in [0.1, 0.15) is 0 Å². The lowest BCUT2D eigenvalue weighted by molar-refractivity contribution is -0.144. The van der Waals surface area contributed by atoms with Crippen molar-refractivity contribution in [2.24, 2.45) is 0 Å². The van der Waals surface area contributed by atoms with Gasteiger partial charge in [0.25, 0.3) is 5.91 Å². The van der Waals surface area contributed by atoms with E-state index < -0.39 is 12.3 Å². The first kappa shape index (κ1) is 9.38. The van der Waals surface area contributed by atoms with Crippen LogP contribution in [-0.4, -0.2) is 55.4 Å². The van der Waals surface area contributed by atoms with Gasteiger partial charge < -0.3 is 9.80 Å². The monoisotopic (exact) mass is 178 g/mol. The average molecular weight is 178 g/mol. The van der Waals surface area contributed by atoms with Crippen molar-refractivity contribution in [3.05, 3.63) is 0 Å². The number of carbonyl (C=O) groups is 1. The number of piperazine rings is 1. The summed E-state index contributed by atoms with van der Waals surface area (Å²) in [7, 11) is 1.91. The molecule has 1 heterocycles. The van der Waals surface area contributed by atoms with Crippen molar-refractivity contribution in [3.8, 4) is 0 Å². The van der Waals surface area contributed by atoms with Crippen LogP contribution < -0.4 is 0 Å². The molecule has 0 N–H and O–H groups in total. The average Bonchev–Trinajstić information content (AvgIpc) is 2.04. The third-order valence-corrected chi connectivity index (χ3v) is 2.00. The van der Waals surface area contributed by atoms with Gasteiger partial charge in [-0.05, 0) is 7.05 Å². The molecule has 0 atom stereocenters. The fourth-order valence-electron chi connectivity index (χ4n) is 1.16. The minimum absolute atomic E-state index is 0.416. The number of halogens is 2. The highest BCUT2D eigenvalue weighted by Crippen LogP contribution is 2.04. The first-order valence-corrected chi connectivity index (χ1v) is 3.86. The van der Waals surface area contributed by atoms with Crippen molar-refractivity contribution in [2.45, 2.75) is 6.43 Å². The van der Waals surface area contributed by atoms with Gasteiger partial charge in [0.1, 0.15) is 0 Å². The largest absolute Gasteiger partial charge is 0.335 e. The molecule has 0 bridgehead atoms. The minimum Gasteiger partial charge on any atom is -0.335 e. The first-order valence-electron chi connectivity index (χ1n) is 3.86. The summed E-state index contributed by atoms with van der Waals surface area (Å²) in [5.74, 6) is -1.04. The van der Waals surface area contributed by atoms with Crippen molar-refractivity contribution < 1.29 is 13.6 Å². The Kier molecular flexibility index (Phi) is 2.97. The topological polar surface area (TPSA) is 23.6 Å². The highest BCUT2D eigenvalue weighted by atomic mass is 19.3. The Morgan fingerprint density at radius 3 is 2.17 bits per heavy atom. The highest BCUT2D eigenvalue weighted by Gasteiger charge is 2.25. The molecule has 0 aliphatic carbocycles. The van der Waals surface area contributed by atoms with Gasteiger partial charge in [0.05, 0.1) is 0 Å². The zero-order valence-corrected chi connectivity index (χ0v) is 6.96. The highest BCUT2D eigenvalue weighted by molar-refractivity contribution is 5.79. The number of alkyl halides is 2. The van der Waals surface area contributed by atoms with Crippen molar-refractivity contribution in [1.29, 1.82) is 0 Å². The van der Waals surface area contributed by atoms with Crippen LogP contribution in [0.15, 0.2) is 0 Å². The molecule has 1 saturated heterocycles. The third kappa shape index (κ3) is 2.14. The predicted molar refractivity (Wildman–Crippen MR) is 40.1 cm³/mol. The van der Waals surface area contributed by atoms with Gasteiger partial charge in [-0.3, -0.25) is 4.79 Å². The van der Waals surface area contributed by atoms with Crippen molar-refractivity contribution in [2.75, 3.05) is 33.2 Å². The molecule has 1 amide bonds. The zero-order valence-electron chi connectivity index (χ0n) is 6.96. The summed E-state index contributed by atoms with van der Waals surface area (Å²) >= 11 is 0. The van der Waals surface area contributed by atoms with Gasteiger partial charge in [0, 0.05) is 26.2 Å². The summed E-state index contributed by atoms with van der Waals surface area (Å²) in [5.41, 5.74) is 0. The molecule has 0 radical (unpaired) electrons. The smallest absolute Gasteiger partial charge is 0.315 e. The van der Waals surface area contributed by atoms with E-state index in [4.69, 9.17) is 0 Å². The van der Waals surface area contributed by atoms with Crippen LogP contribution in [-0.2, 0) is 4.79 Å². The number of carbonyl (C=O) groups excluding carboxylic acids is 1. The maximum Gasteiger partial charge on any atom is 0.315 e.